The number of carbonyl (C=O) groups is 1. The number of piperidine rings is 1. The number of aromatic nitrogens is 2. The summed E-state index contributed by atoms with van der Waals surface area (Å²) in [7, 11) is 2.91. The lowest BCUT2D eigenvalue weighted by Crippen LogP contribution is -2.48. The molecule has 1 saturated heterocycles. The first-order valence-corrected chi connectivity index (χ1v) is 11.2. The molecule has 2 atom stereocenters. The van der Waals surface area contributed by atoms with Crippen molar-refractivity contribution in [2.45, 2.75) is 56.5 Å². The van der Waals surface area contributed by atoms with Gasteiger partial charge in [0.15, 0.2) is 16.7 Å². The summed E-state index contributed by atoms with van der Waals surface area (Å²) in [6.07, 6.45) is -1.75. The number of amides is 1. The third-order valence-corrected chi connectivity index (χ3v) is 6.31. The van der Waals surface area contributed by atoms with Gasteiger partial charge in [-0.1, -0.05) is 11.8 Å². The predicted molar refractivity (Wildman–Crippen MR) is 116 cm³/mol. The molecule has 2 unspecified atom stereocenters. The van der Waals surface area contributed by atoms with E-state index in [1.165, 1.54) is 14.2 Å². The Morgan fingerprint density at radius 2 is 1.75 bits per heavy atom. The predicted octanol–water partition coefficient (Wildman–Crippen LogP) is 5.06. The number of hydrogen-bond acceptors (Lipinski definition) is 6. The first kappa shape index (κ1) is 24.2. The summed E-state index contributed by atoms with van der Waals surface area (Å²) >= 11 is 0.914. The molecule has 0 aliphatic carbocycles. The van der Waals surface area contributed by atoms with E-state index in [-0.39, 0.29) is 34.6 Å². The molecule has 1 aliphatic heterocycles. The summed E-state index contributed by atoms with van der Waals surface area (Å²) in [5.41, 5.74) is -0.558. The highest BCUT2D eigenvalue weighted by Crippen LogP contribution is 2.35. The molecule has 0 N–H and O–H groups in total. The van der Waals surface area contributed by atoms with Gasteiger partial charge in [-0.15, -0.1) is 0 Å². The van der Waals surface area contributed by atoms with E-state index >= 15 is 0 Å². The molecule has 1 aromatic heterocycles. The molecule has 2 aromatic rings. The van der Waals surface area contributed by atoms with Crippen LogP contribution in [0.2, 0.25) is 0 Å². The van der Waals surface area contributed by atoms with Crippen LogP contribution in [-0.2, 0) is 11.0 Å². The molecule has 0 radical (unpaired) electrons. The second kappa shape index (κ2) is 9.97. The van der Waals surface area contributed by atoms with Crippen LogP contribution in [0.5, 0.6) is 11.5 Å². The normalized spacial score (nSPS) is 19.0. The highest BCUT2D eigenvalue weighted by molar-refractivity contribution is 7.99. The van der Waals surface area contributed by atoms with Crippen LogP contribution in [0.25, 0.3) is 11.3 Å². The Hall–Kier alpha value is -2.49. The third kappa shape index (κ3) is 5.46. The van der Waals surface area contributed by atoms with Crippen LogP contribution in [0.3, 0.4) is 0 Å². The summed E-state index contributed by atoms with van der Waals surface area (Å²) in [5.74, 6) is 0.672. The fourth-order valence-electron chi connectivity index (χ4n) is 3.89. The lowest BCUT2D eigenvalue weighted by Gasteiger charge is -2.39. The Morgan fingerprint density at radius 3 is 2.34 bits per heavy atom. The van der Waals surface area contributed by atoms with Gasteiger partial charge in [-0.2, -0.15) is 13.2 Å². The van der Waals surface area contributed by atoms with Crippen LogP contribution in [-0.4, -0.2) is 52.8 Å². The number of alkyl halides is 3. The van der Waals surface area contributed by atoms with Crippen LogP contribution in [0, 0.1) is 0 Å². The molecule has 2 heterocycles. The first-order chi connectivity index (χ1) is 15.1. The minimum absolute atomic E-state index is 0.0264. The molecule has 0 saturated carbocycles. The summed E-state index contributed by atoms with van der Waals surface area (Å²) in [6, 6.07) is 5.85. The van der Waals surface area contributed by atoms with E-state index in [0.717, 1.165) is 37.1 Å². The van der Waals surface area contributed by atoms with Crippen molar-refractivity contribution in [1.29, 1.82) is 0 Å². The first-order valence-electron chi connectivity index (χ1n) is 10.3. The number of rotatable bonds is 6. The molecule has 1 fully saturated rings. The van der Waals surface area contributed by atoms with Crippen LogP contribution in [0.15, 0.2) is 29.4 Å². The summed E-state index contributed by atoms with van der Waals surface area (Å²) in [6.45, 7) is 3.99. The molecule has 32 heavy (non-hydrogen) atoms. The van der Waals surface area contributed by atoms with Crippen molar-refractivity contribution in [3.05, 3.63) is 30.0 Å². The number of hydrogen-bond donors (Lipinski definition) is 0. The zero-order valence-corrected chi connectivity index (χ0v) is 19.2. The number of likely N-dealkylation sites (tertiary alicyclic amines) is 1. The SMILES string of the molecule is COc1ccc(-c2cc(C(F)(F)F)nc(SCC(=O)N3C(C)CCCC3C)n2)cc1OC. The van der Waals surface area contributed by atoms with Crippen molar-refractivity contribution in [3.8, 4) is 22.8 Å². The number of ether oxygens (including phenoxy) is 2. The minimum atomic E-state index is -4.65. The van der Waals surface area contributed by atoms with E-state index in [9.17, 15) is 18.0 Å². The van der Waals surface area contributed by atoms with Gasteiger partial charge in [0.2, 0.25) is 5.91 Å². The quantitative estimate of drug-likeness (QED) is 0.435. The number of thioether (sulfide) groups is 1. The van der Waals surface area contributed by atoms with E-state index in [1.54, 1.807) is 18.2 Å². The standard InChI is InChI=1S/C22H26F3N3O3S/c1-13-6-5-7-14(2)28(13)20(29)12-32-21-26-16(11-19(27-21)22(23,24)25)15-8-9-17(30-3)18(10-15)31-4/h8-11,13-14H,5-7,12H2,1-4H3. The molecule has 0 spiro atoms. The average Bonchev–Trinajstić information content (AvgIpc) is 2.76. The summed E-state index contributed by atoms with van der Waals surface area (Å²) in [5, 5.41) is -0.102. The Balaban J connectivity index is 1.89. The molecule has 6 nitrogen and oxygen atoms in total. The minimum Gasteiger partial charge on any atom is -0.493 e. The van der Waals surface area contributed by atoms with Gasteiger partial charge < -0.3 is 14.4 Å². The van der Waals surface area contributed by atoms with Gasteiger partial charge in [-0.25, -0.2) is 9.97 Å². The smallest absolute Gasteiger partial charge is 0.433 e. The van der Waals surface area contributed by atoms with Gasteiger partial charge in [-0.05, 0) is 57.4 Å². The van der Waals surface area contributed by atoms with Crippen LogP contribution >= 0.6 is 11.8 Å². The third-order valence-electron chi connectivity index (χ3n) is 5.48. The maximum atomic E-state index is 13.5. The number of carbonyl (C=O) groups excluding carboxylic acids is 1. The monoisotopic (exact) mass is 469 g/mol. The van der Waals surface area contributed by atoms with Crippen molar-refractivity contribution in [2.75, 3.05) is 20.0 Å². The van der Waals surface area contributed by atoms with E-state index in [1.807, 2.05) is 18.7 Å². The van der Waals surface area contributed by atoms with Gasteiger partial charge in [0.25, 0.3) is 0 Å². The highest BCUT2D eigenvalue weighted by Gasteiger charge is 2.34. The Bertz CT molecular complexity index is 961. The molecule has 10 heteroatoms. The van der Waals surface area contributed by atoms with Crippen molar-refractivity contribution in [2.24, 2.45) is 0 Å². The zero-order valence-electron chi connectivity index (χ0n) is 18.4. The number of methoxy groups -OCH3 is 2. The number of halogens is 3. The molecule has 1 aliphatic rings. The van der Waals surface area contributed by atoms with Crippen molar-refractivity contribution >= 4 is 17.7 Å². The van der Waals surface area contributed by atoms with Gasteiger partial charge in [0.1, 0.15) is 5.69 Å². The van der Waals surface area contributed by atoms with Gasteiger partial charge in [0.05, 0.1) is 25.7 Å². The second-order valence-corrected chi connectivity index (χ2v) is 8.65. The maximum Gasteiger partial charge on any atom is 0.433 e. The van der Waals surface area contributed by atoms with Crippen molar-refractivity contribution in [1.82, 2.24) is 14.9 Å². The molecular weight excluding hydrogens is 443 g/mol. The Morgan fingerprint density at radius 1 is 1.09 bits per heavy atom. The van der Waals surface area contributed by atoms with Gasteiger partial charge in [-0.3, -0.25) is 4.79 Å². The Kier molecular flexibility index (Phi) is 7.53. The van der Waals surface area contributed by atoms with E-state index < -0.39 is 11.9 Å². The fraction of sp³-hybridized carbons (Fsp3) is 0.500. The maximum absolute atomic E-state index is 13.5. The van der Waals surface area contributed by atoms with Crippen molar-refractivity contribution in [3.63, 3.8) is 0 Å². The largest absolute Gasteiger partial charge is 0.493 e. The number of nitrogens with zero attached hydrogens (tertiary/aromatic N) is 3. The van der Waals surface area contributed by atoms with E-state index in [4.69, 9.17) is 9.47 Å². The average molecular weight is 470 g/mol. The van der Waals surface area contributed by atoms with Crippen LogP contribution in [0.1, 0.15) is 38.8 Å². The van der Waals surface area contributed by atoms with Gasteiger partial charge >= 0.3 is 6.18 Å². The molecule has 0 bridgehead atoms. The molecule has 1 aromatic carbocycles. The van der Waals surface area contributed by atoms with Crippen molar-refractivity contribution < 1.29 is 27.4 Å². The topological polar surface area (TPSA) is 64.5 Å². The van der Waals surface area contributed by atoms with Crippen LogP contribution < -0.4 is 9.47 Å². The summed E-state index contributed by atoms with van der Waals surface area (Å²) < 4.78 is 50.9. The van der Waals surface area contributed by atoms with Crippen LogP contribution in [0.4, 0.5) is 13.2 Å². The highest BCUT2D eigenvalue weighted by atomic mass is 32.2. The molecular formula is C22H26F3N3O3S. The molecule has 3 rings (SSSR count). The van der Waals surface area contributed by atoms with E-state index in [2.05, 4.69) is 9.97 Å². The van der Waals surface area contributed by atoms with Gasteiger partial charge in [0, 0.05) is 17.6 Å². The van der Waals surface area contributed by atoms with E-state index in [0.29, 0.717) is 17.1 Å². The second-order valence-electron chi connectivity index (χ2n) is 7.71. The molecule has 1 amide bonds. The Labute approximate surface area is 189 Å². The lowest BCUT2D eigenvalue weighted by atomic mass is 9.98. The lowest BCUT2D eigenvalue weighted by molar-refractivity contribution is -0.141. The summed E-state index contributed by atoms with van der Waals surface area (Å²) in [4.78, 5) is 22.5. The number of benzene rings is 1. The fourth-order valence-corrected chi connectivity index (χ4v) is 4.62. The molecule has 174 valence electrons. The zero-order chi connectivity index (χ0) is 23.5.